The summed E-state index contributed by atoms with van der Waals surface area (Å²) in [7, 11) is 0. The summed E-state index contributed by atoms with van der Waals surface area (Å²) >= 11 is 0. The monoisotopic (exact) mass is 288 g/mol. The van der Waals surface area contributed by atoms with Crippen LogP contribution < -0.4 is 0 Å². The number of halogens is 7. The van der Waals surface area contributed by atoms with Crippen LogP contribution in [0.3, 0.4) is 0 Å². The van der Waals surface area contributed by atoms with Crippen LogP contribution in [0.15, 0.2) is 24.3 Å². The summed E-state index contributed by atoms with van der Waals surface area (Å²) in [5.74, 6) is -5.82. The molecule has 0 aliphatic rings. The van der Waals surface area contributed by atoms with Crippen LogP contribution in [0.2, 0.25) is 0 Å². The summed E-state index contributed by atoms with van der Waals surface area (Å²) in [5, 5.41) is 0. The molecule has 1 aromatic rings. The second kappa shape index (κ2) is 5.18. The maximum absolute atomic E-state index is 12.5. The molecule has 0 spiro atoms. The van der Waals surface area contributed by atoms with E-state index in [2.05, 4.69) is 0 Å². The lowest BCUT2D eigenvalue weighted by Gasteiger charge is -2.22. The van der Waals surface area contributed by atoms with Crippen molar-refractivity contribution in [2.45, 2.75) is 18.8 Å². The van der Waals surface area contributed by atoms with Gasteiger partial charge in [-0.05, 0) is 24.3 Å². The van der Waals surface area contributed by atoms with E-state index in [1.807, 2.05) is 0 Å². The second-order valence-electron chi connectivity index (χ2n) is 3.77. The van der Waals surface area contributed by atoms with Gasteiger partial charge in [-0.15, -0.1) is 0 Å². The molecule has 0 saturated carbocycles. The maximum atomic E-state index is 12.5. The Morgan fingerprint density at radius 3 is 1.74 bits per heavy atom. The van der Waals surface area contributed by atoms with Crippen molar-refractivity contribution in [3.8, 4) is 0 Å². The molecule has 0 heterocycles. The first-order valence-corrected chi connectivity index (χ1v) is 4.94. The number of carbonyl (C=O) groups excluding carboxylic acids is 1. The summed E-state index contributed by atoms with van der Waals surface area (Å²) in [6.07, 6.45) is -12.9. The Bertz CT molecular complexity index is 430. The van der Waals surface area contributed by atoms with Crippen LogP contribution in [0.5, 0.6) is 0 Å². The van der Waals surface area contributed by atoms with Crippen LogP contribution in [-0.4, -0.2) is 18.1 Å². The molecule has 0 aliphatic carbocycles. The molecule has 0 unspecified atom stereocenters. The molecule has 0 amide bonds. The van der Waals surface area contributed by atoms with Crippen LogP contribution in [-0.2, 0) is 0 Å². The van der Waals surface area contributed by atoms with Crippen LogP contribution >= 0.6 is 0 Å². The Hall–Kier alpha value is -1.60. The summed E-state index contributed by atoms with van der Waals surface area (Å²) in [6.45, 7) is 0. The highest BCUT2D eigenvalue weighted by Crippen LogP contribution is 2.41. The predicted molar refractivity (Wildman–Crippen MR) is 50.9 cm³/mol. The van der Waals surface area contributed by atoms with Gasteiger partial charge in [0.25, 0.3) is 0 Å². The minimum atomic E-state index is -5.56. The first-order chi connectivity index (χ1) is 8.51. The van der Waals surface area contributed by atoms with E-state index in [0.29, 0.717) is 0 Å². The third-order valence-electron chi connectivity index (χ3n) is 2.35. The zero-order chi connectivity index (χ0) is 14.8. The topological polar surface area (TPSA) is 17.1 Å². The Morgan fingerprint density at radius 2 is 1.37 bits per heavy atom. The molecule has 106 valence electrons. The van der Waals surface area contributed by atoms with E-state index in [0.717, 1.165) is 24.3 Å². The minimum Gasteiger partial charge on any atom is -0.294 e. The fourth-order valence-electron chi connectivity index (χ4n) is 1.36. The molecule has 0 saturated heterocycles. The summed E-state index contributed by atoms with van der Waals surface area (Å²) in [5.41, 5.74) is -0.403. The lowest BCUT2D eigenvalue weighted by Crippen LogP contribution is -2.38. The predicted octanol–water partition coefficient (Wildman–Crippen LogP) is 4.14. The van der Waals surface area contributed by atoms with Crippen molar-refractivity contribution in [3.05, 3.63) is 35.6 Å². The van der Waals surface area contributed by atoms with Crippen molar-refractivity contribution >= 4 is 5.78 Å². The fourth-order valence-corrected chi connectivity index (χ4v) is 1.36. The molecule has 0 atom stereocenters. The quantitative estimate of drug-likeness (QED) is 0.603. The van der Waals surface area contributed by atoms with E-state index < -0.39 is 41.9 Å². The highest BCUT2D eigenvalue weighted by atomic mass is 19.4. The molecule has 1 nitrogen and oxygen atoms in total. The Labute approximate surface area is 103 Å². The maximum Gasteiger partial charge on any atom is 0.400 e. The molecule has 0 bridgehead atoms. The summed E-state index contributed by atoms with van der Waals surface area (Å²) in [6, 6.07) is 3.23. The Kier molecular flexibility index (Phi) is 4.21. The number of carbonyl (C=O) groups is 1. The molecule has 0 radical (unpaired) electrons. The van der Waals surface area contributed by atoms with Gasteiger partial charge in [-0.1, -0.05) is 0 Å². The lowest BCUT2D eigenvalue weighted by molar-refractivity contribution is -0.282. The highest BCUT2D eigenvalue weighted by molar-refractivity contribution is 5.96. The van der Waals surface area contributed by atoms with Crippen LogP contribution in [0.25, 0.3) is 0 Å². The van der Waals surface area contributed by atoms with Gasteiger partial charge in [0, 0.05) is 12.0 Å². The molecular formula is C11H7F7O. The number of ketones is 1. The van der Waals surface area contributed by atoms with Crippen molar-refractivity contribution in [2.75, 3.05) is 0 Å². The average Bonchev–Trinajstić information content (AvgIpc) is 2.23. The van der Waals surface area contributed by atoms with Gasteiger partial charge in [-0.2, -0.15) is 26.3 Å². The fraction of sp³-hybridized carbons (Fsp3) is 0.364. The third kappa shape index (κ3) is 4.22. The normalized spacial score (nSPS) is 12.8. The van der Waals surface area contributed by atoms with Crippen LogP contribution in [0, 0.1) is 11.7 Å². The third-order valence-corrected chi connectivity index (χ3v) is 2.35. The SMILES string of the molecule is O=C(CC(C(F)(F)F)C(F)(F)F)c1ccc(F)cc1. The molecule has 0 aromatic heterocycles. The highest BCUT2D eigenvalue weighted by Gasteiger charge is 2.57. The molecule has 19 heavy (non-hydrogen) atoms. The van der Waals surface area contributed by atoms with Crippen molar-refractivity contribution < 1.29 is 35.5 Å². The van der Waals surface area contributed by atoms with Crippen LogP contribution in [0.4, 0.5) is 30.7 Å². The number of benzene rings is 1. The molecule has 0 aliphatic heterocycles. The van der Waals surface area contributed by atoms with Crippen molar-refractivity contribution in [3.63, 3.8) is 0 Å². The van der Waals surface area contributed by atoms with Crippen molar-refractivity contribution in [1.82, 2.24) is 0 Å². The number of rotatable bonds is 3. The van der Waals surface area contributed by atoms with E-state index in [-0.39, 0.29) is 0 Å². The summed E-state index contributed by atoms with van der Waals surface area (Å²) in [4.78, 5) is 11.3. The first kappa shape index (κ1) is 15.5. The van der Waals surface area contributed by atoms with Crippen LogP contribution in [0.1, 0.15) is 16.8 Å². The van der Waals surface area contributed by atoms with Crippen molar-refractivity contribution in [1.29, 1.82) is 0 Å². The van der Waals surface area contributed by atoms with Gasteiger partial charge < -0.3 is 0 Å². The Balaban J connectivity index is 2.92. The van der Waals surface area contributed by atoms with Gasteiger partial charge in [-0.3, -0.25) is 4.79 Å². The van der Waals surface area contributed by atoms with Crippen molar-refractivity contribution in [2.24, 2.45) is 5.92 Å². The molecule has 0 N–H and O–H groups in total. The lowest BCUT2D eigenvalue weighted by atomic mass is 9.97. The standard InChI is InChI=1S/C11H7F7O/c12-7-3-1-6(2-4-7)8(19)5-9(10(13,14)15)11(16,17)18/h1-4,9H,5H2. The number of Topliss-reactive ketones (excluding diaryl/α,β-unsaturated/α-hetero) is 1. The number of hydrogen-bond acceptors (Lipinski definition) is 1. The first-order valence-electron chi connectivity index (χ1n) is 4.94. The average molecular weight is 288 g/mol. The Morgan fingerprint density at radius 1 is 0.947 bits per heavy atom. The zero-order valence-electron chi connectivity index (χ0n) is 9.15. The molecular weight excluding hydrogens is 281 g/mol. The minimum absolute atomic E-state index is 0.403. The number of hydrogen-bond donors (Lipinski definition) is 0. The molecule has 1 rings (SSSR count). The van der Waals surface area contributed by atoms with Gasteiger partial charge >= 0.3 is 12.4 Å². The van der Waals surface area contributed by atoms with Gasteiger partial charge in [-0.25, -0.2) is 4.39 Å². The van der Waals surface area contributed by atoms with E-state index in [1.165, 1.54) is 0 Å². The smallest absolute Gasteiger partial charge is 0.294 e. The van der Waals surface area contributed by atoms with E-state index in [4.69, 9.17) is 0 Å². The summed E-state index contributed by atoms with van der Waals surface area (Å²) < 4.78 is 85.9. The van der Waals surface area contributed by atoms with Gasteiger partial charge in [0.1, 0.15) is 5.82 Å². The largest absolute Gasteiger partial charge is 0.400 e. The zero-order valence-corrected chi connectivity index (χ0v) is 9.15. The number of alkyl halides is 6. The van der Waals surface area contributed by atoms with Gasteiger partial charge in [0.05, 0.1) is 0 Å². The van der Waals surface area contributed by atoms with E-state index >= 15 is 0 Å². The molecule has 8 heteroatoms. The van der Waals surface area contributed by atoms with Gasteiger partial charge in [0.2, 0.25) is 0 Å². The second-order valence-corrected chi connectivity index (χ2v) is 3.77. The van der Waals surface area contributed by atoms with E-state index in [9.17, 15) is 35.5 Å². The van der Waals surface area contributed by atoms with Gasteiger partial charge in [0.15, 0.2) is 11.7 Å². The molecule has 1 aromatic carbocycles. The van der Waals surface area contributed by atoms with E-state index in [1.54, 1.807) is 0 Å². The molecule has 0 fully saturated rings.